The first-order valence-electron chi connectivity index (χ1n) is 12.1. The first-order valence-corrected chi connectivity index (χ1v) is 12.5. The topological polar surface area (TPSA) is 15.8 Å². The lowest BCUT2D eigenvalue weighted by Crippen LogP contribution is -1.90. The maximum absolute atomic E-state index is 6.31. The van der Waals surface area contributed by atoms with Gasteiger partial charge in [-0.05, 0) is 62.9 Å². The molecule has 170 valence electrons. The van der Waals surface area contributed by atoms with Crippen LogP contribution in [0.15, 0.2) is 127 Å². The molecule has 0 saturated carbocycles. The van der Waals surface area contributed by atoms with Crippen LogP contribution in [0.3, 0.4) is 0 Å². The zero-order valence-corrected chi connectivity index (χ0v) is 20.3. The summed E-state index contributed by atoms with van der Waals surface area (Å²) in [6, 6.07) is 45.1. The highest BCUT2D eigenvalue weighted by atomic mass is 35.5. The number of nitrogens with one attached hydrogen (secondary N) is 1. The van der Waals surface area contributed by atoms with Gasteiger partial charge in [0.1, 0.15) is 0 Å². The summed E-state index contributed by atoms with van der Waals surface area (Å²) in [7, 11) is 0. The van der Waals surface area contributed by atoms with Crippen molar-refractivity contribution >= 4 is 44.2 Å². The number of aromatic amines is 1. The van der Waals surface area contributed by atoms with E-state index in [-0.39, 0.29) is 0 Å². The summed E-state index contributed by atoms with van der Waals surface area (Å²) in [6.45, 7) is 0. The van der Waals surface area contributed by atoms with Gasteiger partial charge in [0.15, 0.2) is 0 Å². The van der Waals surface area contributed by atoms with Gasteiger partial charge in [-0.3, -0.25) is 0 Å². The van der Waals surface area contributed by atoms with Gasteiger partial charge < -0.3 is 4.98 Å². The highest BCUT2D eigenvalue weighted by Gasteiger charge is 2.17. The van der Waals surface area contributed by atoms with E-state index < -0.39 is 0 Å². The van der Waals surface area contributed by atoms with Crippen LogP contribution in [0.5, 0.6) is 0 Å². The molecule has 0 aliphatic carbocycles. The number of para-hydroxylation sites is 2. The van der Waals surface area contributed by atoms with Crippen LogP contribution in [0.2, 0.25) is 5.02 Å². The quantitative estimate of drug-likeness (QED) is 0.259. The number of rotatable bonds is 3. The molecule has 2 heteroatoms. The summed E-state index contributed by atoms with van der Waals surface area (Å²) >= 11 is 6.31. The van der Waals surface area contributed by atoms with Crippen molar-refractivity contribution in [2.45, 2.75) is 0 Å². The minimum absolute atomic E-state index is 0.745. The van der Waals surface area contributed by atoms with Crippen molar-refractivity contribution in [2.24, 2.45) is 0 Å². The summed E-state index contributed by atoms with van der Waals surface area (Å²) < 4.78 is 0. The number of benzene rings is 6. The molecule has 0 fully saturated rings. The van der Waals surface area contributed by atoms with Crippen molar-refractivity contribution < 1.29 is 0 Å². The zero-order chi connectivity index (χ0) is 24.1. The molecule has 1 aromatic heterocycles. The number of H-pyrrole nitrogens is 1. The van der Waals surface area contributed by atoms with Crippen molar-refractivity contribution in [1.82, 2.24) is 4.98 Å². The summed E-state index contributed by atoms with van der Waals surface area (Å²) in [5.74, 6) is 0. The Bertz CT molecular complexity index is 1910. The van der Waals surface area contributed by atoms with Gasteiger partial charge in [0.25, 0.3) is 0 Å². The summed E-state index contributed by atoms with van der Waals surface area (Å²) in [6.07, 6.45) is 0. The highest BCUT2D eigenvalue weighted by Crippen LogP contribution is 2.42. The second-order valence-corrected chi connectivity index (χ2v) is 9.64. The number of aromatic nitrogens is 1. The van der Waals surface area contributed by atoms with E-state index in [2.05, 4.69) is 114 Å². The van der Waals surface area contributed by atoms with Crippen LogP contribution in [0.1, 0.15) is 0 Å². The molecule has 1 heterocycles. The predicted octanol–water partition coefficient (Wildman–Crippen LogP) is 10.1. The number of hydrogen-bond donors (Lipinski definition) is 1. The van der Waals surface area contributed by atoms with Crippen molar-refractivity contribution in [3.05, 3.63) is 132 Å². The number of halogens is 1. The largest absolute Gasteiger partial charge is 0.354 e. The minimum atomic E-state index is 0.745. The third-order valence-electron chi connectivity index (χ3n) is 7.07. The van der Waals surface area contributed by atoms with Crippen LogP contribution in [0, 0.1) is 0 Å². The van der Waals surface area contributed by atoms with Crippen molar-refractivity contribution in [2.75, 3.05) is 0 Å². The van der Waals surface area contributed by atoms with Crippen LogP contribution in [0.25, 0.3) is 66.0 Å². The molecule has 0 bridgehead atoms. The third kappa shape index (κ3) is 3.40. The van der Waals surface area contributed by atoms with Gasteiger partial charge in [-0.1, -0.05) is 115 Å². The minimum Gasteiger partial charge on any atom is -0.354 e. The Balaban J connectivity index is 1.53. The maximum Gasteiger partial charge on any atom is 0.0544 e. The lowest BCUT2D eigenvalue weighted by Gasteiger charge is -2.16. The molecule has 0 atom stereocenters. The Morgan fingerprint density at radius 2 is 1.17 bits per heavy atom. The standard InChI is InChI=1S/C34H22ClN/c35-26-12-6-10-24(21-26)23-9-5-11-25(20-23)28-19-18-22-8-1-2-13-27(22)33(28)31-16-7-15-30-29-14-3-4-17-32(29)36-34(30)31/h1-21,36H. The van der Waals surface area contributed by atoms with Gasteiger partial charge in [0, 0.05) is 26.9 Å². The van der Waals surface area contributed by atoms with Gasteiger partial charge in [-0.25, -0.2) is 0 Å². The van der Waals surface area contributed by atoms with Gasteiger partial charge in [0.2, 0.25) is 0 Å². The zero-order valence-electron chi connectivity index (χ0n) is 19.5. The molecule has 0 saturated heterocycles. The van der Waals surface area contributed by atoms with Crippen LogP contribution >= 0.6 is 11.6 Å². The van der Waals surface area contributed by atoms with Crippen molar-refractivity contribution in [3.63, 3.8) is 0 Å². The van der Waals surface area contributed by atoms with Crippen molar-refractivity contribution in [3.8, 4) is 33.4 Å². The van der Waals surface area contributed by atoms with Crippen LogP contribution < -0.4 is 0 Å². The molecule has 0 unspecified atom stereocenters. The second-order valence-electron chi connectivity index (χ2n) is 9.20. The molecular formula is C34H22ClN. The van der Waals surface area contributed by atoms with E-state index in [9.17, 15) is 0 Å². The molecule has 0 aliphatic rings. The van der Waals surface area contributed by atoms with E-state index in [0.717, 1.165) is 21.7 Å². The summed E-state index contributed by atoms with van der Waals surface area (Å²) in [5, 5.41) is 5.72. The number of fused-ring (bicyclic) bond motifs is 4. The molecule has 0 amide bonds. The Morgan fingerprint density at radius 3 is 2.06 bits per heavy atom. The Labute approximate surface area is 214 Å². The Kier molecular flexibility index (Phi) is 4.90. The normalized spacial score (nSPS) is 11.5. The van der Waals surface area contributed by atoms with Gasteiger partial charge in [0.05, 0.1) is 5.52 Å². The second kappa shape index (κ2) is 8.41. The Hall–Kier alpha value is -4.33. The van der Waals surface area contributed by atoms with Crippen molar-refractivity contribution in [1.29, 1.82) is 0 Å². The van der Waals surface area contributed by atoms with E-state index in [4.69, 9.17) is 11.6 Å². The highest BCUT2D eigenvalue weighted by molar-refractivity contribution is 6.30. The Morgan fingerprint density at radius 1 is 0.472 bits per heavy atom. The van der Waals surface area contributed by atoms with Crippen LogP contribution in [0.4, 0.5) is 0 Å². The molecule has 0 spiro atoms. The van der Waals surface area contributed by atoms with Gasteiger partial charge in [-0.2, -0.15) is 0 Å². The number of hydrogen-bond acceptors (Lipinski definition) is 0. The smallest absolute Gasteiger partial charge is 0.0544 e. The molecule has 36 heavy (non-hydrogen) atoms. The van der Waals surface area contributed by atoms with Gasteiger partial charge >= 0.3 is 0 Å². The fraction of sp³-hybridized carbons (Fsp3) is 0. The predicted molar refractivity (Wildman–Crippen MR) is 155 cm³/mol. The summed E-state index contributed by atoms with van der Waals surface area (Å²) in [4.78, 5) is 3.72. The summed E-state index contributed by atoms with van der Waals surface area (Å²) in [5.41, 5.74) is 9.44. The lowest BCUT2D eigenvalue weighted by atomic mass is 9.88. The average Bonchev–Trinajstić information content (AvgIpc) is 3.32. The molecular weight excluding hydrogens is 458 g/mol. The van der Waals surface area contributed by atoms with Crippen LogP contribution in [-0.4, -0.2) is 4.98 Å². The molecule has 7 rings (SSSR count). The third-order valence-corrected chi connectivity index (χ3v) is 7.31. The van der Waals surface area contributed by atoms with Crippen LogP contribution in [-0.2, 0) is 0 Å². The molecule has 0 aliphatic heterocycles. The maximum atomic E-state index is 6.31. The fourth-order valence-electron chi connectivity index (χ4n) is 5.42. The monoisotopic (exact) mass is 479 g/mol. The lowest BCUT2D eigenvalue weighted by molar-refractivity contribution is 1.54. The molecule has 1 N–H and O–H groups in total. The molecule has 6 aromatic carbocycles. The fourth-order valence-corrected chi connectivity index (χ4v) is 5.61. The first-order chi connectivity index (χ1) is 17.8. The molecule has 0 radical (unpaired) electrons. The molecule has 7 aromatic rings. The molecule has 1 nitrogen and oxygen atoms in total. The van der Waals surface area contributed by atoms with E-state index in [1.54, 1.807) is 0 Å². The van der Waals surface area contributed by atoms with E-state index >= 15 is 0 Å². The SMILES string of the molecule is Clc1cccc(-c2cccc(-c3ccc4ccccc4c3-c3cccc4c3[nH]c3ccccc34)c2)c1. The van der Waals surface area contributed by atoms with E-state index in [0.29, 0.717) is 0 Å². The first kappa shape index (κ1) is 21.0. The average molecular weight is 480 g/mol. The van der Waals surface area contributed by atoms with E-state index in [1.807, 2.05) is 18.2 Å². The van der Waals surface area contributed by atoms with E-state index in [1.165, 1.54) is 49.3 Å². The van der Waals surface area contributed by atoms with Gasteiger partial charge in [-0.15, -0.1) is 0 Å².